The molecule has 1 amide bonds. The molecule has 1 aliphatic heterocycles. The van der Waals surface area contributed by atoms with Gasteiger partial charge in [0.15, 0.2) is 0 Å². The number of benzene rings is 1. The summed E-state index contributed by atoms with van der Waals surface area (Å²) in [5, 5.41) is 12.2. The van der Waals surface area contributed by atoms with Crippen molar-refractivity contribution in [2.45, 2.75) is 18.9 Å². The van der Waals surface area contributed by atoms with Crippen LogP contribution < -0.4 is 5.32 Å². The highest BCUT2D eigenvalue weighted by molar-refractivity contribution is 5.88. The first-order valence-corrected chi connectivity index (χ1v) is 6.40. The monoisotopic (exact) mass is 262 g/mol. The van der Waals surface area contributed by atoms with Crippen molar-refractivity contribution in [2.75, 3.05) is 19.6 Å². The Morgan fingerprint density at radius 1 is 1.37 bits per heavy atom. The van der Waals surface area contributed by atoms with E-state index < -0.39 is 12.0 Å². The molecule has 102 valence electrons. The number of nitrogens with one attached hydrogen (secondary N) is 1. The molecule has 2 rings (SSSR count). The summed E-state index contributed by atoms with van der Waals surface area (Å²) in [5.74, 6) is -1.40. The van der Waals surface area contributed by atoms with Crippen LogP contribution in [0.15, 0.2) is 30.3 Å². The fourth-order valence-electron chi connectivity index (χ4n) is 2.32. The summed E-state index contributed by atoms with van der Waals surface area (Å²) in [4.78, 5) is 25.1. The molecule has 5 heteroatoms. The predicted molar refractivity (Wildman–Crippen MR) is 70.9 cm³/mol. The summed E-state index contributed by atoms with van der Waals surface area (Å²) >= 11 is 0. The second-order valence-corrected chi connectivity index (χ2v) is 4.72. The minimum absolute atomic E-state index is 0.125. The molecule has 1 heterocycles. The van der Waals surface area contributed by atoms with Gasteiger partial charge in [-0.1, -0.05) is 30.3 Å². The highest BCUT2D eigenvalue weighted by Crippen LogP contribution is 2.19. The molecular weight excluding hydrogens is 244 g/mol. The molecule has 1 aromatic carbocycles. The van der Waals surface area contributed by atoms with E-state index in [4.69, 9.17) is 0 Å². The zero-order chi connectivity index (χ0) is 13.8. The van der Waals surface area contributed by atoms with Gasteiger partial charge in [-0.05, 0) is 12.5 Å². The number of hydrogen-bond donors (Lipinski definition) is 2. The van der Waals surface area contributed by atoms with Crippen molar-refractivity contribution in [3.05, 3.63) is 35.9 Å². The quantitative estimate of drug-likeness (QED) is 0.840. The van der Waals surface area contributed by atoms with E-state index in [0.29, 0.717) is 19.6 Å². The van der Waals surface area contributed by atoms with E-state index in [9.17, 15) is 14.7 Å². The predicted octanol–water partition coefficient (Wildman–Crippen LogP) is 0.675. The minimum Gasteiger partial charge on any atom is -0.480 e. The number of carbonyl (C=O) groups excluding carboxylic acids is 1. The molecule has 0 aliphatic carbocycles. The van der Waals surface area contributed by atoms with Crippen molar-refractivity contribution in [2.24, 2.45) is 0 Å². The van der Waals surface area contributed by atoms with E-state index >= 15 is 0 Å². The lowest BCUT2D eigenvalue weighted by Crippen LogP contribution is -2.57. The van der Waals surface area contributed by atoms with Crippen molar-refractivity contribution in [3.63, 3.8) is 0 Å². The maximum atomic E-state index is 12.4. The van der Waals surface area contributed by atoms with Crippen molar-refractivity contribution < 1.29 is 14.7 Å². The van der Waals surface area contributed by atoms with E-state index in [1.54, 1.807) is 0 Å². The molecule has 2 N–H and O–H groups in total. The molecule has 2 unspecified atom stereocenters. The minimum atomic E-state index is -0.958. The summed E-state index contributed by atoms with van der Waals surface area (Å²) in [6.45, 7) is 3.20. The Morgan fingerprint density at radius 2 is 2.05 bits per heavy atom. The Hall–Kier alpha value is -1.88. The summed E-state index contributed by atoms with van der Waals surface area (Å²) in [6, 6.07) is 8.66. The standard InChI is InChI=1S/C14H18N2O3/c1-10(11-5-3-2-4-6-11)13(17)16-8-7-15-9-12(16)14(18)19/h2-6,10,12,15H,7-9H2,1H3,(H,18,19). The topological polar surface area (TPSA) is 69.6 Å². The Kier molecular flexibility index (Phi) is 4.16. The third-order valence-corrected chi connectivity index (χ3v) is 3.48. The lowest BCUT2D eigenvalue weighted by atomic mass is 9.98. The molecule has 0 saturated carbocycles. The molecule has 1 saturated heterocycles. The fourth-order valence-corrected chi connectivity index (χ4v) is 2.32. The number of amides is 1. The van der Waals surface area contributed by atoms with Crippen LogP contribution >= 0.6 is 0 Å². The Labute approximate surface area is 112 Å². The van der Waals surface area contributed by atoms with Crippen LogP contribution in [0, 0.1) is 0 Å². The third-order valence-electron chi connectivity index (χ3n) is 3.48. The fraction of sp³-hybridized carbons (Fsp3) is 0.429. The number of carbonyl (C=O) groups is 2. The lowest BCUT2D eigenvalue weighted by molar-refractivity contribution is -0.151. The van der Waals surface area contributed by atoms with Gasteiger partial charge in [0.1, 0.15) is 6.04 Å². The first-order chi connectivity index (χ1) is 9.11. The molecule has 19 heavy (non-hydrogen) atoms. The number of hydrogen-bond acceptors (Lipinski definition) is 3. The molecule has 1 aliphatic rings. The van der Waals surface area contributed by atoms with Gasteiger partial charge in [-0.15, -0.1) is 0 Å². The smallest absolute Gasteiger partial charge is 0.327 e. The van der Waals surface area contributed by atoms with Gasteiger partial charge in [0.25, 0.3) is 0 Å². The van der Waals surface area contributed by atoms with Gasteiger partial charge in [0.05, 0.1) is 5.92 Å². The average Bonchev–Trinajstić information content (AvgIpc) is 2.46. The summed E-state index contributed by atoms with van der Waals surface area (Å²) in [6.07, 6.45) is 0. The number of nitrogens with zero attached hydrogens (tertiary/aromatic N) is 1. The summed E-state index contributed by atoms with van der Waals surface area (Å²) < 4.78 is 0. The first kappa shape index (κ1) is 13.5. The summed E-state index contributed by atoms with van der Waals surface area (Å²) in [5.41, 5.74) is 0.912. The summed E-state index contributed by atoms with van der Waals surface area (Å²) in [7, 11) is 0. The third kappa shape index (κ3) is 2.93. The molecule has 1 aromatic rings. The number of rotatable bonds is 3. The average molecular weight is 262 g/mol. The molecule has 0 bridgehead atoms. The first-order valence-electron chi connectivity index (χ1n) is 6.40. The van der Waals surface area contributed by atoms with E-state index in [2.05, 4.69) is 5.32 Å². The molecular formula is C14H18N2O3. The van der Waals surface area contributed by atoms with Crippen molar-refractivity contribution >= 4 is 11.9 Å². The lowest BCUT2D eigenvalue weighted by Gasteiger charge is -2.35. The van der Waals surface area contributed by atoms with Gasteiger partial charge in [0, 0.05) is 19.6 Å². The zero-order valence-corrected chi connectivity index (χ0v) is 10.9. The zero-order valence-electron chi connectivity index (χ0n) is 10.9. The van der Waals surface area contributed by atoms with Crippen LogP contribution in [0.25, 0.3) is 0 Å². The maximum absolute atomic E-state index is 12.4. The van der Waals surface area contributed by atoms with Crippen molar-refractivity contribution in [3.8, 4) is 0 Å². The van der Waals surface area contributed by atoms with Crippen LogP contribution in [0.4, 0.5) is 0 Å². The molecule has 0 radical (unpaired) electrons. The van der Waals surface area contributed by atoms with Crippen LogP contribution in [0.1, 0.15) is 18.4 Å². The SMILES string of the molecule is CC(C(=O)N1CCNCC1C(=O)O)c1ccccc1. The van der Waals surface area contributed by atoms with Gasteiger partial charge >= 0.3 is 5.97 Å². The van der Waals surface area contributed by atoms with E-state index in [0.717, 1.165) is 5.56 Å². The maximum Gasteiger partial charge on any atom is 0.327 e. The number of carboxylic acid groups (broad SMARTS) is 1. The molecule has 1 fully saturated rings. The Bertz CT molecular complexity index is 461. The van der Waals surface area contributed by atoms with E-state index in [1.807, 2.05) is 37.3 Å². The van der Waals surface area contributed by atoms with E-state index in [-0.39, 0.29) is 11.8 Å². The van der Waals surface area contributed by atoms with Crippen molar-refractivity contribution in [1.82, 2.24) is 10.2 Å². The number of carboxylic acids is 1. The Balaban J connectivity index is 2.15. The normalized spacial score (nSPS) is 20.9. The highest BCUT2D eigenvalue weighted by Gasteiger charge is 2.34. The largest absolute Gasteiger partial charge is 0.480 e. The van der Waals surface area contributed by atoms with Crippen LogP contribution in [0.3, 0.4) is 0 Å². The molecule has 0 spiro atoms. The second kappa shape index (κ2) is 5.84. The van der Waals surface area contributed by atoms with Crippen LogP contribution in [-0.4, -0.2) is 47.6 Å². The molecule has 2 atom stereocenters. The van der Waals surface area contributed by atoms with Crippen LogP contribution in [0.5, 0.6) is 0 Å². The van der Waals surface area contributed by atoms with E-state index in [1.165, 1.54) is 4.90 Å². The number of aliphatic carboxylic acids is 1. The van der Waals surface area contributed by atoms with Gasteiger partial charge in [-0.25, -0.2) is 4.79 Å². The van der Waals surface area contributed by atoms with Crippen LogP contribution in [-0.2, 0) is 9.59 Å². The molecule has 5 nitrogen and oxygen atoms in total. The molecule has 0 aromatic heterocycles. The second-order valence-electron chi connectivity index (χ2n) is 4.72. The Morgan fingerprint density at radius 3 is 2.68 bits per heavy atom. The van der Waals surface area contributed by atoms with Gasteiger partial charge in [-0.3, -0.25) is 4.79 Å². The number of piperazine rings is 1. The van der Waals surface area contributed by atoms with Crippen molar-refractivity contribution in [1.29, 1.82) is 0 Å². The highest BCUT2D eigenvalue weighted by atomic mass is 16.4. The van der Waals surface area contributed by atoms with Gasteiger partial charge in [0.2, 0.25) is 5.91 Å². The van der Waals surface area contributed by atoms with Gasteiger partial charge < -0.3 is 15.3 Å². The van der Waals surface area contributed by atoms with Gasteiger partial charge in [-0.2, -0.15) is 0 Å². The van der Waals surface area contributed by atoms with Crippen LogP contribution in [0.2, 0.25) is 0 Å².